The number of benzene rings is 3. The Morgan fingerprint density at radius 2 is 1.63 bits per heavy atom. The molecule has 0 fully saturated rings. The zero-order valence-electron chi connectivity index (χ0n) is 16.4. The second kappa shape index (κ2) is 9.54. The minimum Gasteiger partial charge on any atom is -0.497 e. The molecule has 7 heteroatoms. The lowest BCUT2D eigenvalue weighted by atomic mass is 10.1. The summed E-state index contributed by atoms with van der Waals surface area (Å²) in [5, 5.41) is 5.71. The quantitative estimate of drug-likeness (QED) is 0.510. The SMILES string of the molecule is COc1ccc(Br)c(C(=O)NC(C)c2ccc(NC(=O)c3ccc(F)cc3)cc2)c1. The van der Waals surface area contributed by atoms with E-state index < -0.39 is 5.82 Å². The molecule has 0 heterocycles. The molecule has 3 rings (SSSR count). The van der Waals surface area contributed by atoms with Crippen LogP contribution in [-0.2, 0) is 0 Å². The van der Waals surface area contributed by atoms with Gasteiger partial charge in [0.15, 0.2) is 0 Å². The maximum atomic E-state index is 13.0. The molecule has 0 aliphatic carbocycles. The number of ether oxygens (including phenoxy) is 1. The van der Waals surface area contributed by atoms with Crippen molar-refractivity contribution in [1.82, 2.24) is 5.32 Å². The van der Waals surface area contributed by atoms with Crippen LogP contribution in [-0.4, -0.2) is 18.9 Å². The third kappa shape index (κ3) is 5.24. The summed E-state index contributed by atoms with van der Waals surface area (Å²) in [5.41, 5.74) is 2.32. The van der Waals surface area contributed by atoms with Crippen molar-refractivity contribution in [3.63, 3.8) is 0 Å². The predicted molar refractivity (Wildman–Crippen MR) is 117 cm³/mol. The molecule has 0 aliphatic heterocycles. The van der Waals surface area contributed by atoms with Crippen molar-refractivity contribution in [3.05, 3.63) is 93.7 Å². The Morgan fingerprint density at radius 1 is 0.967 bits per heavy atom. The van der Waals surface area contributed by atoms with Crippen molar-refractivity contribution in [2.75, 3.05) is 12.4 Å². The van der Waals surface area contributed by atoms with E-state index in [2.05, 4.69) is 26.6 Å². The van der Waals surface area contributed by atoms with Gasteiger partial charge in [-0.15, -0.1) is 0 Å². The van der Waals surface area contributed by atoms with E-state index in [9.17, 15) is 14.0 Å². The molecular weight excluding hydrogens is 451 g/mol. The van der Waals surface area contributed by atoms with Crippen LogP contribution >= 0.6 is 15.9 Å². The molecule has 3 aromatic rings. The molecule has 1 unspecified atom stereocenters. The molecule has 2 amide bonds. The lowest BCUT2D eigenvalue weighted by Gasteiger charge is -2.16. The van der Waals surface area contributed by atoms with Gasteiger partial charge in [-0.1, -0.05) is 12.1 Å². The molecule has 154 valence electrons. The monoisotopic (exact) mass is 470 g/mol. The predicted octanol–water partition coefficient (Wildman–Crippen LogP) is 5.34. The van der Waals surface area contributed by atoms with Gasteiger partial charge < -0.3 is 15.4 Å². The van der Waals surface area contributed by atoms with Gasteiger partial charge in [-0.2, -0.15) is 0 Å². The molecule has 1 atom stereocenters. The molecule has 0 aliphatic rings. The first kappa shape index (κ1) is 21.5. The van der Waals surface area contributed by atoms with Crippen LogP contribution in [0.5, 0.6) is 5.75 Å². The van der Waals surface area contributed by atoms with Crippen LogP contribution in [0.3, 0.4) is 0 Å². The van der Waals surface area contributed by atoms with Crippen molar-refractivity contribution in [3.8, 4) is 5.75 Å². The molecule has 0 spiro atoms. The van der Waals surface area contributed by atoms with Gasteiger partial charge in [0.1, 0.15) is 11.6 Å². The fourth-order valence-electron chi connectivity index (χ4n) is 2.82. The third-order valence-corrected chi connectivity index (χ3v) is 5.23. The highest BCUT2D eigenvalue weighted by atomic mass is 79.9. The van der Waals surface area contributed by atoms with E-state index in [1.54, 1.807) is 37.4 Å². The zero-order chi connectivity index (χ0) is 21.7. The van der Waals surface area contributed by atoms with E-state index in [0.717, 1.165) is 5.56 Å². The van der Waals surface area contributed by atoms with Crippen LogP contribution in [0.2, 0.25) is 0 Å². The molecule has 0 aromatic heterocycles. The highest BCUT2D eigenvalue weighted by Crippen LogP contribution is 2.24. The van der Waals surface area contributed by atoms with E-state index in [4.69, 9.17) is 4.74 Å². The summed E-state index contributed by atoms with van der Waals surface area (Å²) in [6, 6.07) is 17.4. The van der Waals surface area contributed by atoms with Crippen molar-refractivity contribution in [1.29, 1.82) is 0 Å². The van der Waals surface area contributed by atoms with E-state index in [-0.39, 0.29) is 17.9 Å². The minimum absolute atomic E-state index is 0.234. The van der Waals surface area contributed by atoms with E-state index in [1.807, 2.05) is 19.1 Å². The minimum atomic E-state index is -0.395. The van der Waals surface area contributed by atoms with Gasteiger partial charge >= 0.3 is 0 Å². The summed E-state index contributed by atoms with van der Waals surface area (Å²) >= 11 is 3.38. The standard InChI is InChI=1S/C23H20BrFN2O3/c1-14(26-23(29)20-13-19(30-2)11-12-21(20)24)15-5-9-18(10-6-15)27-22(28)16-3-7-17(25)8-4-16/h3-14H,1-2H3,(H,26,29)(H,27,28). The number of hydrogen-bond acceptors (Lipinski definition) is 3. The summed E-state index contributed by atoms with van der Waals surface area (Å²) in [6.07, 6.45) is 0. The molecule has 0 bridgehead atoms. The Hall–Kier alpha value is -3.19. The lowest BCUT2D eigenvalue weighted by molar-refractivity contribution is 0.0938. The molecule has 0 saturated carbocycles. The first-order valence-electron chi connectivity index (χ1n) is 9.18. The fourth-order valence-corrected chi connectivity index (χ4v) is 3.25. The van der Waals surface area contributed by atoms with Crippen molar-refractivity contribution in [2.24, 2.45) is 0 Å². The van der Waals surface area contributed by atoms with Crippen LogP contribution in [0, 0.1) is 5.82 Å². The molecule has 30 heavy (non-hydrogen) atoms. The molecule has 2 N–H and O–H groups in total. The molecule has 5 nitrogen and oxygen atoms in total. The van der Waals surface area contributed by atoms with Crippen LogP contribution in [0.1, 0.15) is 39.2 Å². The third-order valence-electron chi connectivity index (χ3n) is 4.54. The van der Waals surface area contributed by atoms with Crippen molar-refractivity contribution < 1.29 is 18.7 Å². The van der Waals surface area contributed by atoms with Gasteiger partial charge in [-0.3, -0.25) is 9.59 Å². The van der Waals surface area contributed by atoms with Gasteiger partial charge in [0, 0.05) is 15.7 Å². The Kier molecular flexibility index (Phi) is 6.84. The number of anilines is 1. The summed E-state index contributed by atoms with van der Waals surface area (Å²) in [4.78, 5) is 24.9. The first-order chi connectivity index (χ1) is 14.4. The fraction of sp³-hybridized carbons (Fsp3) is 0.130. The summed E-state index contributed by atoms with van der Waals surface area (Å²) < 4.78 is 18.8. The topological polar surface area (TPSA) is 67.4 Å². The first-order valence-corrected chi connectivity index (χ1v) is 9.98. The number of halogens is 2. The second-order valence-corrected chi connectivity index (χ2v) is 7.48. The highest BCUT2D eigenvalue weighted by molar-refractivity contribution is 9.10. The van der Waals surface area contributed by atoms with Gasteiger partial charge in [-0.25, -0.2) is 4.39 Å². The van der Waals surface area contributed by atoms with Gasteiger partial charge in [0.05, 0.1) is 18.7 Å². The van der Waals surface area contributed by atoms with E-state index in [1.165, 1.54) is 24.3 Å². The Morgan fingerprint density at radius 3 is 2.27 bits per heavy atom. The van der Waals surface area contributed by atoms with Crippen LogP contribution in [0.4, 0.5) is 10.1 Å². The number of hydrogen-bond donors (Lipinski definition) is 2. The number of nitrogens with one attached hydrogen (secondary N) is 2. The Labute approximate surface area is 182 Å². The number of rotatable bonds is 6. The Bertz CT molecular complexity index is 1050. The second-order valence-electron chi connectivity index (χ2n) is 6.62. The van der Waals surface area contributed by atoms with Crippen LogP contribution in [0.25, 0.3) is 0 Å². The number of carbonyl (C=O) groups is 2. The molecule has 0 radical (unpaired) electrons. The molecule has 3 aromatic carbocycles. The van der Waals surface area contributed by atoms with Crippen LogP contribution < -0.4 is 15.4 Å². The normalized spacial score (nSPS) is 11.5. The average molecular weight is 471 g/mol. The number of amides is 2. The van der Waals surface area contributed by atoms with Gasteiger partial charge in [0.2, 0.25) is 0 Å². The highest BCUT2D eigenvalue weighted by Gasteiger charge is 2.15. The number of carbonyl (C=O) groups excluding carboxylic acids is 2. The number of methoxy groups -OCH3 is 1. The summed E-state index contributed by atoms with van der Waals surface area (Å²) in [6.45, 7) is 1.87. The summed E-state index contributed by atoms with van der Waals surface area (Å²) in [5.74, 6) is -0.362. The van der Waals surface area contributed by atoms with E-state index >= 15 is 0 Å². The van der Waals surface area contributed by atoms with E-state index in [0.29, 0.717) is 27.0 Å². The molecule has 0 saturated heterocycles. The smallest absolute Gasteiger partial charge is 0.255 e. The van der Waals surface area contributed by atoms with Crippen molar-refractivity contribution >= 4 is 33.4 Å². The van der Waals surface area contributed by atoms with Crippen LogP contribution in [0.15, 0.2) is 71.2 Å². The zero-order valence-corrected chi connectivity index (χ0v) is 18.0. The summed E-state index contributed by atoms with van der Waals surface area (Å²) in [7, 11) is 1.55. The maximum Gasteiger partial charge on any atom is 0.255 e. The Balaban J connectivity index is 1.65. The van der Waals surface area contributed by atoms with Gasteiger partial charge in [-0.05, 0) is 83.0 Å². The average Bonchev–Trinajstić information content (AvgIpc) is 2.75. The van der Waals surface area contributed by atoms with Crippen molar-refractivity contribution in [2.45, 2.75) is 13.0 Å². The largest absolute Gasteiger partial charge is 0.497 e. The molecular formula is C23H20BrFN2O3. The van der Waals surface area contributed by atoms with Gasteiger partial charge in [0.25, 0.3) is 11.8 Å². The maximum absolute atomic E-state index is 13.0. The lowest BCUT2D eigenvalue weighted by Crippen LogP contribution is -2.27.